The molecule has 2 heterocycles. The topological polar surface area (TPSA) is 92.1 Å². The number of amides is 2. The van der Waals surface area contributed by atoms with Gasteiger partial charge in [-0.2, -0.15) is 0 Å². The van der Waals surface area contributed by atoms with E-state index in [1.54, 1.807) is 0 Å². The van der Waals surface area contributed by atoms with Crippen LogP contribution in [-0.4, -0.2) is 16.0 Å². The summed E-state index contributed by atoms with van der Waals surface area (Å²) in [6.45, 7) is 0.991. The van der Waals surface area contributed by atoms with Gasteiger partial charge in [-0.25, -0.2) is 14.8 Å². The molecule has 0 aliphatic rings. The molecule has 6 aromatic rings. The fourth-order valence-corrected chi connectivity index (χ4v) is 4.58. The number of nitrogens with zero attached hydrogens (tertiary/aromatic N) is 2. The third-order valence-electron chi connectivity index (χ3n) is 6.55. The van der Waals surface area contributed by atoms with Crippen molar-refractivity contribution in [3.05, 3.63) is 133 Å². The Morgan fingerprint density at radius 1 is 0.675 bits per heavy atom. The molecule has 0 aliphatic heterocycles. The highest BCUT2D eigenvalue weighted by atomic mass is 16.3. The van der Waals surface area contributed by atoms with E-state index in [9.17, 15) is 4.79 Å². The molecule has 7 heteroatoms. The van der Waals surface area contributed by atoms with Crippen LogP contribution < -0.4 is 16.0 Å². The van der Waals surface area contributed by atoms with Crippen LogP contribution in [0, 0.1) is 0 Å². The van der Waals surface area contributed by atoms with E-state index in [0.29, 0.717) is 24.6 Å². The molecule has 3 N–H and O–H groups in total. The summed E-state index contributed by atoms with van der Waals surface area (Å²) in [4.78, 5) is 21.2. The van der Waals surface area contributed by atoms with Crippen molar-refractivity contribution >= 4 is 28.6 Å². The van der Waals surface area contributed by atoms with Crippen LogP contribution in [0.2, 0.25) is 0 Å². The molecule has 0 fully saturated rings. The lowest BCUT2D eigenvalue weighted by molar-refractivity contribution is 0.251. The van der Waals surface area contributed by atoms with Crippen molar-refractivity contribution < 1.29 is 9.21 Å². The van der Waals surface area contributed by atoms with Crippen molar-refractivity contribution in [2.45, 2.75) is 13.1 Å². The van der Waals surface area contributed by atoms with E-state index < -0.39 is 0 Å². The number of hydrogen-bond donors (Lipinski definition) is 3. The second-order valence-corrected chi connectivity index (χ2v) is 9.28. The maximum atomic E-state index is 12.2. The van der Waals surface area contributed by atoms with Gasteiger partial charge in [-0.3, -0.25) is 0 Å². The highest BCUT2D eigenvalue weighted by molar-refractivity contribution is 6.05. The Morgan fingerprint density at radius 2 is 1.27 bits per heavy atom. The number of carbonyl (C=O) groups excluding carboxylic acids is 1. The van der Waals surface area contributed by atoms with Gasteiger partial charge in [0.1, 0.15) is 17.9 Å². The number of benzene rings is 4. The van der Waals surface area contributed by atoms with Gasteiger partial charge in [0.25, 0.3) is 0 Å². The maximum absolute atomic E-state index is 12.2. The second kappa shape index (κ2) is 11.5. The Morgan fingerprint density at radius 3 is 1.95 bits per heavy atom. The van der Waals surface area contributed by atoms with Gasteiger partial charge in [-0.05, 0) is 28.8 Å². The molecule has 40 heavy (non-hydrogen) atoms. The first-order chi connectivity index (χ1) is 19.7. The van der Waals surface area contributed by atoms with E-state index in [1.807, 2.05) is 103 Å². The van der Waals surface area contributed by atoms with Gasteiger partial charge in [0, 0.05) is 29.9 Å². The Hall–Kier alpha value is -5.43. The summed E-state index contributed by atoms with van der Waals surface area (Å²) in [5.41, 5.74) is 6.34. The summed E-state index contributed by atoms with van der Waals surface area (Å²) in [6.07, 6.45) is 1.52. The number of urea groups is 1. The fraction of sp³-hybridized carbons (Fsp3) is 0.0606. The summed E-state index contributed by atoms with van der Waals surface area (Å²) >= 11 is 0. The fourth-order valence-electron chi connectivity index (χ4n) is 4.58. The van der Waals surface area contributed by atoms with E-state index in [4.69, 9.17) is 4.42 Å². The van der Waals surface area contributed by atoms with Gasteiger partial charge < -0.3 is 20.4 Å². The van der Waals surface area contributed by atoms with Crippen LogP contribution in [-0.2, 0) is 13.1 Å². The molecular formula is C33H27N5O2. The van der Waals surface area contributed by atoms with Gasteiger partial charge >= 0.3 is 6.03 Å². The number of furan rings is 1. The molecule has 2 amide bonds. The van der Waals surface area contributed by atoms with Crippen LogP contribution >= 0.6 is 0 Å². The quantitative estimate of drug-likeness (QED) is 0.191. The Labute approximate surface area is 231 Å². The van der Waals surface area contributed by atoms with Crippen molar-refractivity contribution in [3.8, 4) is 22.5 Å². The van der Waals surface area contributed by atoms with Crippen molar-refractivity contribution in [2.75, 3.05) is 10.6 Å². The SMILES string of the molecule is O=C(NCc1ccc(CNc2ncnc3oc(-c4ccccc4)c(-c4ccccc4)c23)cc1)Nc1ccccc1. The van der Waals surface area contributed by atoms with Crippen LogP contribution in [0.25, 0.3) is 33.6 Å². The zero-order chi connectivity index (χ0) is 27.1. The van der Waals surface area contributed by atoms with E-state index in [1.165, 1.54) is 6.33 Å². The number of para-hydroxylation sites is 1. The third-order valence-corrected chi connectivity index (χ3v) is 6.55. The number of aromatic nitrogens is 2. The predicted octanol–water partition coefficient (Wildman–Crippen LogP) is 7.49. The van der Waals surface area contributed by atoms with Gasteiger partial charge in [-0.15, -0.1) is 0 Å². The van der Waals surface area contributed by atoms with Crippen molar-refractivity contribution in [2.24, 2.45) is 0 Å². The molecule has 196 valence electrons. The molecule has 6 rings (SSSR count). The lowest BCUT2D eigenvalue weighted by Gasteiger charge is -2.10. The molecule has 0 aliphatic carbocycles. The Balaban J connectivity index is 1.19. The third kappa shape index (κ3) is 5.54. The first-order valence-electron chi connectivity index (χ1n) is 13.0. The van der Waals surface area contributed by atoms with Gasteiger partial charge in [0.15, 0.2) is 0 Å². The van der Waals surface area contributed by atoms with Crippen molar-refractivity contribution in [1.29, 1.82) is 0 Å². The van der Waals surface area contributed by atoms with Gasteiger partial charge in [0.05, 0.1) is 5.39 Å². The minimum absolute atomic E-state index is 0.242. The van der Waals surface area contributed by atoms with Crippen LogP contribution in [0.3, 0.4) is 0 Å². The molecule has 7 nitrogen and oxygen atoms in total. The summed E-state index contributed by atoms with van der Waals surface area (Å²) in [7, 11) is 0. The number of nitrogens with one attached hydrogen (secondary N) is 3. The molecular weight excluding hydrogens is 498 g/mol. The smallest absolute Gasteiger partial charge is 0.319 e. The highest BCUT2D eigenvalue weighted by Gasteiger charge is 2.21. The first kappa shape index (κ1) is 24.9. The van der Waals surface area contributed by atoms with Crippen molar-refractivity contribution in [1.82, 2.24) is 15.3 Å². The molecule has 0 atom stereocenters. The second-order valence-electron chi connectivity index (χ2n) is 9.28. The summed E-state index contributed by atoms with van der Waals surface area (Å²) in [5.74, 6) is 1.47. The molecule has 0 spiro atoms. The number of hydrogen-bond acceptors (Lipinski definition) is 5. The molecule has 0 bridgehead atoms. The summed E-state index contributed by atoms with van der Waals surface area (Å²) < 4.78 is 6.30. The van der Waals surface area contributed by atoms with Crippen LogP contribution in [0.4, 0.5) is 16.3 Å². The zero-order valence-electron chi connectivity index (χ0n) is 21.7. The van der Waals surface area contributed by atoms with Crippen molar-refractivity contribution in [3.63, 3.8) is 0 Å². The Bertz CT molecular complexity index is 1720. The van der Waals surface area contributed by atoms with E-state index in [2.05, 4.69) is 38.1 Å². The molecule has 4 aromatic carbocycles. The van der Waals surface area contributed by atoms with Crippen LogP contribution in [0.15, 0.2) is 126 Å². The number of carbonyl (C=O) groups is 1. The Kier molecular flexibility index (Phi) is 7.17. The highest BCUT2D eigenvalue weighted by Crippen LogP contribution is 2.42. The summed E-state index contributed by atoms with van der Waals surface area (Å²) in [6, 6.07) is 37.5. The summed E-state index contributed by atoms with van der Waals surface area (Å²) in [5, 5.41) is 10.0. The normalized spacial score (nSPS) is 10.8. The molecule has 2 aromatic heterocycles. The largest absolute Gasteiger partial charge is 0.437 e. The standard InChI is InChI=1S/C33H27N5O2/c39-33(38-27-14-8-3-9-15-27)35-21-24-18-16-23(17-19-24)20-34-31-29-28(25-10-4-1-5-11-25)30(26-12-6-2-7-13-26)40-32(29)37-22-36-31/h1-19,22H,20-21H2,(H,34,36,37)(H2,35,38,39). The van der Waals surface area contributed by atoms with E-state index in [-0.39, 0.29) is 6.03 Å². The molecule has 0 saturated heterocycles. The maximum Gasteiger partial charge on any atom is 0.319 e. The zero-order valence-corrected chi connectivity index (χ0v) is 21.7. The minimum atomic E-state index is -0.242. The number of fused-ring (bicyclic) bond motifs is 1. The average Bonchev–Trinajstić information content (AvgIpc) is 3.41. The van der Waals surface area contributed by atoms with Gasteiger partial charge in [-0.1, -0.05) is 103 Å². The van der Waals surface area contributed by atoms with Gasteiger partial charge in [0.2, 0.25) is 5.71 Å². The molecule has 0 radical (unpaired) electrons. The molecule has 0 unspecified atom stereocenters. The number of anilines is 2. The van der Waals surface area contributed by atoms with Crippen LogP contribution in [0.5, 0.6) is 0 Å². The van der Waals surface area contributed by atoms with E-state index in [0.717, 1.165) is 44.7 Å². The minimum Gasteiger partial charge on any atom is -0.437 e. The number of rotatable bonds is 8. The predicted molar refractivity (Wildman–Crippen MR) is 159 cm³/mol. The molecule has 0 saturated carbocycles. The monoisotopic (exact) mass is 525 g/mol. The van der Waals surface area contributed by atoms with Crippen LogP contribution in [0.1, 0.15) is 11.1 Å². The first-order valence-corrected chi connectivity index (χ1v) is 13.0. The van der Waals surface area contributed by atoms with E-state index >= 15 is 0 Å². The lowest BCUT2D eigenvalue weighted by atomic mass is 9.99. The lowest BCUT2D eigenvalue weighted by Crippen LogP contribution is -2.28. The average molecular weight is 526 g/mol.